The topological polar surface area (TPSA) is 59.6 Å². The Balaban J connectivity index is 2.02. The molecule has 1 fully saturated rings. The maximum Gasteiger partial charge on any atom is 0.250 e. The van der Waals surface area contributed by atoms with E-state index in [1.807, 2.05) is 0 Å². The van der Waals surface area contributed by atoms with Crippen LogP contribution in [-0.4, -0.2) is 52.0 Å². The van der Waals surface area contributed by atoms with Crippen molar-refractivity contribution < 1.29 is 14.3 Å². The van der Waals surface area contributed by atoms with E-state index in [0.717, 1.165) is 26.0 Å². The van der Waals surface area contributed by atoms with Gasteiger partial charge in [-0.1, -0.05) is 0 Å². The Morgan fingerprint density at radius 3 is 3.13 bits per heavy atom. The minimum Gasteiger partial charge on any atom is -0.385 e. The first kappa shape index (κ1) is 12.4. The van der Waals surface area contributed by atoms with Crippen molar-refractivity contribution in [1.82, 2.24) is 10.6 Å². The summed E-state index contributed by atoms with van der Waals surface area (Å²) in [6.07, 6.45) is 1.60. The maximum absolute atomic E-state index is 11.5. The van der Waals surface area contributed by atoms with Crippen LogP contribution in [0.2, 0.25) is 0 Å². The lowest BCUT2D eigenvalue weighted by Crippen LogP contribution is -2.48. The molecule has 0 saturated carbocycles. The standard InChI is InChI=1S/C10H20N2O3/c1-14-6-3-2-4-12-10(13)9-8-11-5-7-15-9/h9,11H,2-8H2,1H3,(H,12,13). The molecular weight excluding hydrogens is 196 g/mol. The van der Waals surface area contributed by atoms with Crippen LogP contribution in [0.3, 0.4) is 0 Å². The summed E-state index contributed by atoms with van der Waals surface area (Å²) in [6, 6.07) is 0. The summed E-state index contributed by atoms with van der Waals surface area (Å²) >= 11 is 0. The Morgan fingerprint density at radius 2 is 2.47 bits per heavy atom. The van der Waals surface area contributed by atoms with Crippen molar-refractivity contribution in [2.24, 2.45) is 0 Å². The van der Waals surface area contributed by atoms with E-state index in [1.54, 1.807) is 7.11 Å². The van der Waals surface area contributed by atoms with Crippen LogP contribution < -0.4 is 10.6 Å². The predicted molar refractivity (Wildman–Crippen MR) is 56.7 cm³/mol. The number of nitrogens with one attached hydrogen (secondary N) is 2. The first-order valence-electron chi connectivity index (χ1n) is 5.43. The molecule has 1 aliphatic heterocycles. The molecule has 0 aromatic rings. The molecule has 1 atom stereocenters. The molecule has 0 aromatic carbocycles. The van der Waals surface area contributed by atoms with Crippen molar-refractivity contribution in [2.75, 3.05) is 40.0 Å². The Labute approximate surface area is 90.5 Å². The Morgan fingerprint density at radius 1 is 1.60 bits per heavy atom. The second-order valence-corrected chi connectivity index (χ2v) is 3.55. The van der Waals surface area contributed by atoms with Crippen molar-refractivity contribution in [1.29, 1.82) is 0 Å². The smallest absolute Gasteiger partial charge is 0.250 e. The minimum atomic E-state index is -0.318. The van der Waals surface area contributed by atoms with Crippen LogP contribution in [0.4, 0.5) is 0 Å². The van der Waals surface area contributed by atoms with Gasteiger partial charge < -0.3 is 20.1 Å². The van der Waals surface area contributed by atoms with E-state index in [9.17, 15) is 4.79 Å². The molecule has 1 unspecified atom stereocenters. The lowest BCUT2D eigenvalue weighted by atomic mass is 10.2. The summed E-state index contributed by atoms with van der Waals surface area (Å²) in [6.45, 7) is 3.50. The number of methoxy groups -OCH3 is 1. The highest BCUT2D eigenvalue weighted by Crippen LogP contribution is 1.96. The fourth-order valence-corrected chi connectivity index (χ4v) is 1.43. The van der Waals surface area contributed by atoms with Gasteiger partial charge in [-0.25, -0.2) is 0 Å². The number of unbranched alkanes of at least 4 members (excludes halogenated alkanes) is 1. The summed E-state index contributed by atoms with van der Waals surface area (Å²) in [5.74, 6) is -0.0142. The fraction of sp³-hybridized carbons (Fsp3) is 0.900. The monoisotopic (exact) mass is 216 g/mol. The van der Waals surface area contributed by atoms with Gasteiger partial charge in [-0.15, -0.1) is 0 Å². The summed E-state index contributed by atoms with van der Waals surface area (Å²) < 4.78 is 10.2. The molecule has 0 bridgehead atoms. The van der Waals surface area contributed by atoms with Gasteiger partial charge >= 0.3 is 0 Å². The number of carbonyl (C=O) groups is 1. The summed E-state index contributed by atoms with van der Waals surface area (Å²) in [5.41, 5.74) is 0. The van der Waals surface area contributed by atoms with Crippen molar-refractivity contribution in [2.45, 2.75) is 18.9 Å². The summed E-state index contributed by atoms with van der Waals surface area (Å²) in [7, 11) is 1.68. The van der Waals surface area contributed by atoms with Crippen LogP contribution in [-0.2, 0) is 14.3 Å². The van der Waals surface area contributed by atoms with Gasteiger partial charge in [-0.3, -0.25) is 4.79 Å². The molecule has 88 valence electrons. The number of ether oxygens (including phenoxy) is 2. The third kappa shape index (κ3) is 5.11. The second-order valence-electron chi connectivity index (χ2n) is 3.55. The first-order valence-corrected chi connectivity index (χ1v) is 5.43. The molecule has 1 saturated heterocycles. The van der Waals surface area contributed by atoms with Crippen LogP contribution >= 0.6 is 0 Å². The highest BCUT2D eigenvalue weighted by molar-refractivity contribution is 5.81. The number of carbonyl (C=O) groups excluding carboxylic acids is 1. The van der Waals surface area contributed by atoms with Gasteiger partial charge in [-0.05, 0) is 12.8 Å². The van der Waals surface area contributed by atoms with Gasteiger partial charge in [-0.2, -0.15) is 0 Å². The Bertz CT molecular complexity index is 182. The van der Waals surface area contributed by atoms with E-state index in [1.165, 1.54) is 0 Å². The van der Waals surface area contributed by atoms with Gasteiger partial charge in [0.1, 0.15) is 6.10 Å². The molecule has 0 aliphatic carbocycles. The second kappa shape index (κ2) is 7.62. The largest absolute Gasteiger partial charge is 0.385 e. The predicted octanol–water partition coefficient (Wildman–Crippen LogP) is -0.482. The molecule has 1 heterocycles. The zero-order valence-corrected chi connectivity index (χ0v) is 9.25. The molecule has 5 heteroatoms. The average molecular weight is 216 g/mol. The van der Waals surface area contributed by atoms with Crippen molar-refractivity contribution in [3.05, 3.63) is 0 Å². The van der Waals surface area contributed by atoms with E-state index in [0.29, 0.717) is 19.7 Å². The van der Waals surface area contributed by atoms with Crippen molar-refractivity contribution in [3.63, 3.8) is 0 Å². The Kier molecular flexibility index (Phi) is 6.31. The van der Waals surface area contributed by atoms with Crippen LogP contribution in [0.15, 0.2) is 0 Å². The molecule has 0 spiro atoms. The Hall–Kier alpha value is -0.650. The van der Waals surface area contributed by atoms with Gasteiger partial charge in [0.25, 0.3) is 0 Å². The van der Waals surface area contributed by atoms with Crippen molar-refractivity contribution >= 4 is 5.91 Å². The number of morpholine rings is 1. The fourth-order valence-electron chi connectivity index (χ4n) is 1.43. The molecule has 1 aliphatic rings. The third-order valence-electron chi connectivity index (χ3n) is 2.29. The lowest BCUT2D eigenvalue weighted by molar-refractivity contribution is -0.134. The first-order chi connectivity index (χ1) is 7.34. The lowest BCUT2D eigenvalue weighted by Gasteiger charge is -2.22. The molecule has 15 heavy (non-hydrogen) atoms. The van der Waals surface area contributed by atoms with Gasteiger partial charge in [0.15, 0.2) is 0 Å². The molecule has 1 amide bonds. The quantitative estimate of drug-likeness (QED) is 0.589. The van der Waals surface area contributed by atoms with Gasteiger partial charge in [0.2, 0.25) is 5.91 Å². The molecule has 5 nitrogen and oxygen atoms in total. The molecule has 1 rings (SSSR count). The van der Waals surface area contributed by atoms with E-state index >= 15 is 0 Å². The van der Waals surface area contributed by atoms with E-state index < -0.39 is 0 Å². The summed E-state index contributed by atoms with van der Waals surface area (Å²) in [4.78, 5) is 11.5. The van der Waals surface area contributed by atoms with Gasteiger partial charge in [0, 0.05) is 33.4 Å². The van der Waals surface area contributed by atoms with E-state index in [2.05, 4.69) is 10.6 Å². The zero-order chi connectivity index (χ0) is 10.9. The van der Waals surface area contributed by atoms with Gasteiger partial charge in [0.05, 0.1) is 6.61 Å². The molecular formula is C10H20N2O3. The van der Waals surface area contributed by atoms with Crippen LogP contribution in [0, 0.1) is 0 Å². The van der Waals surface area contributed by atoms with E-state index in [-0.39, 0.29) is 12.0 Å². The van der Waals surface area contributed by atoms with E-state index in [4.69, 9.17) is 9.47 Å². The summed E-state index contributed by atoms with van der Waals surface area (Å²) in [5, 5.41) is 5.97. The van der Waals surface area contributed by atoms with Crippen LogP contribution in [0.5, 0.6) is 0 Å². The number of hydrogen-bond donors (Lipinski definition) is 2. The average Bonchev–Trinajstić information content (AvgIpc) is 2.30. The maximum atomic E-state index is 11.5. The van der Waals surface area contributed by atoms with Crippen LogP contribution in [0.25, 0.3) is 0 Å². The zero-order valence-electron chi connectivity index (χ0n) is 9.25. The number of rotatable bonds is 6. The van der Waals surface area contributed by atoms with Crippen molar-refractivity contribution in [3.8, 4) is 0 Å². The third-order valence-corrected chi connectivity index (χ3v) is 2.29. The SMILES string of the molecule is COCCCCNC(=O)C1CNCCO1. The highest BCUT2D eigenvalue weighted by Gasteiger charge is 2.20. The van der Waals surface area contributed by atoms with Crippen LogP contribution in [0.1, 0.15) is 12.8 Å². The normalized spacial score (nSPS) is 21.3. The molecule has 0 radical (unpaired) electrons. The molecule has 0 aromatic heterocycles. The number of amides is 1. The highest BCUT2D eigenvalue weighted by atomic mass is 16.5. The minimum absolute atomic E-state index is 0.0142. The molecule has 2 N–H and O–H groups in total. The number of hydrogen-bond acceptors (Lipinski definition) is 4.